The van der Waals surface area contributed by atoms with Crippen LogP contribution in [0, 0.1) is 0 Å². The van der Waals surface area contributed by atoms with Crippen LogP contribution in [-0.2, 0) is 11.3 Å². The van der Waals surface area contributed by atoms with Crippen molar-refractivity contribution in [3.05, 3.63) is 65.9 Å². The van der Waals surface area contributed by atoms with Crippen LogP contribution in [0.5, 0.6) is 11.5 Å². The Morgan fingerprint density at radius 3 is 2.58 bits per heavy atom. The van der Waals surface area contributed by atoms with E-state index in [4.69, 9.17) is 14.6 Å². The third-order valence-corrected chi connectivity index (χ3v) is 5.33. The van der Waals surface area contributed by atoms with Gasteiger partial charge in [-0.2, -0.15) is 5.10 Å². The molecule has 7 nitrogen and oxygen atoms in total. The molecule has 4 rings (SSSR count). The number of amides is 1. The van der Waals surface area contributed by atoms with Crippen molar-refractivity contribution in [2.45, 2.75) is 25.3 Å². The van der Waals surface area contributed by atoms with Crippen LogP contribution in [0.3, 0.4) is 0 Å². The first-order valence-corrected chi connectivity index (χ1v) is 10.4. The summed E-state index contributed by atoms with van der Waals surface area (Å²) in [6.45, 7) is 0.790. The number of likely N-dealkylation sites (N-methyl/N-ethyl adjacent to an activating group) is 1. The minimum atomic E-state index is -0.0937. The molecule has 0 unspecified atom stereocenters. The molecule has 1 fully saturated rings. The van der Waals surface area contributed by atoms with Crippen molar-refractivity contribution in [3.63, 3.8) is 0 Å². The van der Waals surface area contributed by atoms with Crippen LogP contribution >= 0.6 is 0 Å². The van der Waals surface area contributed by atoms with Gasteiger partial charge in [-0.15, -0.1) is 0 Å². The fraction of sp³-hybridized carbons (Fsp3) is 0.333. The molecular formula is C24H28N4O3. The van der Waals surface area contributed by atoms with E-state index in [1.165, 1.54) is 0 Å². The number of hydrogen-bond acceptors (Lipinski definition) is 5. The third-order valence-electron chi connectivity index (χ3n) is 5.33. The van der Waals surface area contributed by atoms with Crippen LogP contribution < -0.4 is 14.8 Å². The standard InChI is InChI=1S/C24H28N4O3/c1-27(15-18-8-7-11-21(30-2)24(18)31-3)16-23(29)25-22-14-20(17-12-13-17)26-28(22)19-9-5-4-6-10-19/h4-11,14,17H,12-13,15-16H2,1-3H3,(H,25,29). The number of nitrogens with zero attached hydrogens (tertiary/aromatic N) is 3. The minimum absolute atomic E-state index is 0.0937. The fourth-order valence-electron chi connectivity index (χ4n) is 3.69. The second-order valence-corrected chi connectivity index (χ2v) is 7.85. The molecule has 0 spiro atoms. The molecule has 31 heavy (non-hydrogen) atoms. The summed E-state index contributed by atoms with van der Waals surface area (Å²) in [6, 6.07) is 17.6. The molecule has 1 heterocycles. The van der Waals surface area contributed by atoms with Gasteiger partial charge in [-0.3, -0.25) is 9.69 Å². The zero-order valence-corrected chi connectivity index (χ0v) is 18.2. The Labute approximate surface area is 182 Å². The SMILES string of the molecule is COc1cccc(CN(C)CC(=O)Nc2cc(C3CC3)nn2-c2ccccc2)c1OC. The van der Waals surface area contributed by atoms with Crippen LogP contribution in [0.25, 0.3) is 5.69 Å². The molecule has 1 amide bonds. The Kier molecular flexibility index (Phi) is 6.23. The molecule has 0 radical (unpaired) electrons. The van der Waals surface area contributed by atoms with Crippen molar-refractivity contribution < 1.29 is 14.3 Å². The Hall–Kier alpha value is -3.32. The highest BCUT2D eigenvalue weighted by Gasteiger charge is 2.28. The van der Waals surface area contributed by atoms with Gasteiger partial charge in [-0.05, 0) is 38.1 Å². The highest BCUT2D eigenvalue weighted by Crippen LogP contribution is 2.40. The first-order chi connectivity index (χ1) is 15.1. The number of anilines is 1. The van der Waals surface area contributed by atoms with Gasteiger partial charge in [0, 0.05) is 24.1 Å². The van der Waals surface area contributed by atoms with E-state index in [9.17, 15) is 4.79 Å². The predicted molar refractivity (Wildman–Crippen MR) is 120 cm³/mol. The quantitative estimate of drug-likeness (QED) is 0.570. The number of hydrogen-bond donors (Lipinski definition) is 1. The fourth-order valence-corrected chi connectivity index (χ4v) is 3.69. The van der Waals surface area contributed by atoms with Crippen molar-refractivity contribution in [2.24, 2.45) is 0 Å². The number of carbonyl (C=O) groups excluding carboxylic acids is 1. The summed E-state index contributed by atoms with van der Waals surface area (Å²) in [5.41, 5.74) is 2.93. The molecule has 3 aromatic rings. The van der Waals surface area contributed by atoms with E-state index in [-0.39, 0.29) is 12.5 Å². The highest BCUT2D eigenvalue weighted by atomic mass is 16.5. The normalized spacial score (nSPS) is 13.3. The smallest absolute Gasteiger partial charge is 0.239 e. The first kappa shape index (κ1) is 20.9. The van der Waals surface area contributed by atoms with E-state index in [1.807, 2.05) is 71.2 Å². The highest BCUT2D eigenvalue weighted by molar-refractivity contribution is 5.91. The molecule has 2 aromatic carbocycles. The maximum Gasteiger partial charge on any atom is 0.239 e. The second-order valence-electron chi connectivity index (χ2n) is 7.85. The molecule has 1 aliphatic carbocycles. The Morgan fingerprint density at radius 1 is 1.13 bits per heavy atom. The Bertz CT molecular complexity index is 1040. The van der Waals surface area contributed by atoms with Crippen LogP contribution in [0.2, 0.25) is 0 Å². The third kappa shape index (κ3) is 4.88. The number of rotatable bonds is 9. The van der Waals surface area contributed by atoms with E-state index >= 15 is 0 Å². The molecule has 1 aromatic heterocycles. The number of aromatic nitrogens is 2. The van der Waals surface area contributed by atoms with Gasteiger partial charge in [0.15, 0.2) is 11.5 Å². The maximum absolute atomic E-state index is 12.8. The molecule has 0 atom stereocenters. The van der Waals surface area contributed by atoms with E-state index in [0.717, 1.165) is 29.8 Å². The minimum Gasteiger partial charge on any atom is -0.493 e. The second kappa shape index (κ2) is 9.22. The molecule has 1 aliphatic rings. The van der Waals surface area contributed by atoms with Gasteiger partial charge < -0.3 is 14.8 Å². The van der Waals surface area contributed by atoms with Crippen molar-refractivity contribution in [1.29, 1.82) is 0 Å². The van der Waals surface area contributed by atoms with Crippen LogP contribution in [0.1, 0.15) is 30.0 Å². The summed E-state index contributed by atoms with van der Waals surface area (Å²) >= 11 is 0. The number of para-hydroxylation sites is 2. The van der Waals surface area contributed by atoms with Crippen LogP contribution in [-0.4, -0.2) is 48.4 Å². The number of ether oxygens (including phenoxy) is 2. The average molecular weight is 421 g/mol. The molecular weight excluding hydrogens is 392 g/mol. The predicted octanol–water partition coefficient (Wildman–Crippen LogP) is 3.84. The lowest BCUT2D eigenvalue weighted by molar-refractivity contribution is -0.117. The van der Waals surface area contributed by atoms with Gasteiger partial charge in [-0.25, -0.2) is 4.68 Å². The van der Waals surface area contributed by atoms with Crippen molar-refractivity contribution in [3.8, 4) is 17.2 Å². The molecule has 162 valence electrons. The van der Waals surface area contributed by atoms with Gasteiger partial charge in [0.25, 0.3) is 0 Å². The van der Waals surface area contributed by atoms with Crippen molar-refractivity contribution >= 4 is 11.7 Å². The topological polar surface area (TPSA) is 68.6 Å². The largest absolute Gasteiger partial charge is 0.493 e. The van der Waals surface area contributed by atoms with Gasteiger partial charge in [0.05, 0.1) is 32.1 Å². The lowest BCUT2D eigenvalue weighted by atomic mass is 10.1. The zero-order valence-electron chi connectivity index (χ0n) is 18.2. The Balaban J connectivity index is 1.46. The van der Waals surface area contributed by atoms with E-state index in [1.54, 1.807) is 14.2 Å². The maximum atomic E-state index is 12.8. The number of benzene rings is 2. The molecule has 0 bridgehead atoms. The van der Waals surface area contributed by atoms with E-state index in [2.05, 4.69) is 5.32 Å². The summed E-state index contributed by atoms with van der Waals surface area (Å²) in [5.74, 6) is 2.48. The average Bonchev–Trinajstić information content (AvgIpc) is 3.54. The summed E-state index contributed by atoms with van der Waals surface area (Å²) in [7, 11) is 5.14. The van der Waals surface area contributed by atoms with Crippen LogP contribution in [0.4, 0.5) is 5.82 Å². The molecule has 1 saturated carbocycles. The number of methoxy groups -OCH3 is 2. The molecule has 7 heteroatoms. The zero-order chi connectivity index (χ0) is 21.8. The van der Waals surface area contributed by atoms with Crippen LogP contribution in [0.15, 0.2) is 54.6 Å². The van der Waals surface area contributed by atoms with Gasteiger partial charge >= 0.3 is 0 Å². The van der Waals surface area contributed by atoms with E-state index in [0.29, 0.717) is 29.8 Å². The molecule has 0 aliphatic heterocycles. The summed E-state index contributed by atoms with van der Waals surface area (Å²) in [6.07, 6.45) is 2.31. The monoisotopic (exact) mass is 420 g/mol. The summed E-state index contributed by atoms with van der Waals surface area (Å²) < 4.78 is 12.7. The summed E-state index contributed by atoms with van der Waals surface area (Å²) in [5, 5.41) is 7.79. The van der Waals surface area contributed by atoms with Gasteiger partial charge in [0.1, 0.15) is 5.82 Å². The first-order valence-electron chi connectivity index (χ1n) is 10.4. The van der Waals surface area contributed by atoms with E-state index < -0.39 is 0 Å². The van der Waals surface area contributed by atoms with Crippen molar-refractivity contribution in [1.82, 2.24) is 14.7 Å². The number of nitrogens with one attached hydrogen (secondary N) is 1. The number of carbonyl (C=O) groups is 1. The van der Waals surface area contributed by atoms with Gasteiger partial charge in [0.2, 0.25) is 5.91 Å². The molecule has 1 N–H and O–H groups in total. The molecule has 0 saturated heterocycles. The lowest BCUT2D eigenvalue weighted by Crippen LogP contribution is -2.30. The van der Waals surface area contributed by atoms with Gasteiger partial charge in [-0.1, -0.05) is 30.3 Å². The lowest BCUT2D eigenvalue weighted by Gasteiger charge is -2.19. The Morgan fingerprint density at radius 2 is 1.90 bits per heavy atom. The van der Waals surface area contributed by atoms with Crippen molar-refractivity contribution in [2.75, 3.05) is 33.1 Å². The summed E-state index contributed by atoms with van der Waals surface area (Å²) in [4.78, 5) is 14.8.